The van der Waals surface area contributed by atoms with E-state index in [0.717, 1.165) is 49.3 Å². The van der Waals surface area contributed by atoms with Crippen LogP contribution in [0.15, 0.2) is 170 Å². The summed E-state index contributed by atoms with van der Waals surface area (Å²) in [4.78, 5) is 50.1. The molecule has 302 valence electrons. The summed E-state index contributed by atoms with van der Waals surface area (Å²) in [5, 5.41) is 32.4. The van der Waals surface area contributed by atoms with Crippen LogP contribution in [0.5, 0.6) is 0 Å². The lowest BCUT2D eigenvalue weighted by Crippen LogP contribution is -2.01. The number of benzene rings is 6. The minimum Gasteiger partial charge on any atom is -0.222 e. The highest BCUT2D eigenvalue weighted by atomic mass is 16.1. The summed E-state index contributed by atoms with van der Waals surface area (Å²) in [7, 11) is 0. The SMILES string of the molecule is C.Cc1cc(C)c2c(c1)-c1ccccc1-2.N=C=O.N=C=O.N=C=O.N=C=O.N=C=O.N=C=O.c1ccc(CCc2ccccc2)cc1.c1ccccc1.c1ccccc1. The van der Waals surface area contributed by atoms with Gasteiger partial charge < -0.3 is 0 Å². The summed E-state index contributed by atoms with van der Waals surface area (Å²) in [6, 6.07) is 58.4. The molecule has 0 radical (unpaired) electrons. The lowest BCUT2D eigenvalue weighted by molar-refractivity contribution is 0.562. The molecule has 0 fully saturated rings. The van der Waals surface area contributed by atoms with Crippen LogP contribution in [0.25, 0.3) is 22.3 Å². The molecule has 0 saturated carbocycles. The van der Waals surface area contributed by atoms with Crippen molar-refractivity contribution in [1.29, 1.82) is 32.5 Å². The Morgan fingerprint density at radius 3 is 0.881 bits per heavy atom. The highest BCUT2D eigenvalue weighted by molar-refractivity contribution is 6.03. The number of aryl methyl sites for hydroxylation is 4. The zero-order valence-electron chi connectivity index (χ0n) is 32.0. The summed E-state index contributed by atoms with van der Waals surface area (Å²) in [6.45, 7) is 4.36. The first-order valence-corrected chi connectivity index (χ1v) is 16.7. The van der Waals surface area contributed by atoms with Gasteiger partial charge in [-0.25, -0.2) is 61.2 Å². The third-order valence-electron chi connectivity index (χ3n) is 6.69. The molecular weight excluding hydrogens is 745 g/mol. The van der Waals surface area contributed by atoms with E-state index < -0.39 is 0 Å². The van der Waals surface area contributed by atoms with Crippen molar-refractivity contribution in [1.82, 2.24) is 0 Å². The Kier molecular flexibility index (Phi) is 42.8. The van der Waals surface area contributed by atoms with Crippen molar-refractivity contribution in [3.8, 4) is 22.3 Å². The standard InChI is InChI=1S/C14H12.C14H14.2C6H6.6CHNO.CH4/c1-9-7-10(2)14-12-6-4-3-5-11(12)13(14)8-9;1-3-7-13(8-4-1)11-12-14-9-5-2-6-10-14;2*1-2-4-6-5-3-1;6*2-1-3;/h3-8H,1-2H3;1-10H,11-12H2;2*1-6H;6*2H;1H4. The van der Waals surface area contributed by atoms with Crippen molar-refractivity contribution in [2.24, 2.45) is 0 Å². The first-order chi connectivity index (χ1) is 28.2. The molecule has 0 amide bonds. The molecule has 6 N–H and O–H groups in total. The van der Waals surface area contributed by atoms with Crippen molar-refractivity contribution in [3.63, 3.8) is 0 Å². The third kappa shape index (κ3) is 31.6. The monoisotopic (exact) mass is 792 g/mol. The fourth-order valence-electron chi connectivity index (χ4n) is 4.76. The smallest absolute Gasteiger partial charge is 0.222 e. The van der Waals surface area contributed by atoms with Gasteiger partial charge in [0.15, 0.2) is 0 Å². The van der Waals surface area contributed by atoms with E-state index in [2.05, 4.69) is 111 Å². The number of hydrogen-bond acceptors (Lipinski definition) is 12. The second-order valence-corrected chi connectivity index (χ2v) is 10.4. The molecule has 59 heavy (non-hydrogen) atoms. The topological polar surface area (TPSA) is 246 Å². The predicted octanol–water partition coefficient (Wildman–Crippen LogP) is 10.8. The minimum atomic E-state index is 0. The number of fused-ring (bicyclic) bond motifs is 4. The molecule has 7 rings (SSSR count). The normalized spacial score (nSPS) is 7.56. The number of rotatable bonds is 3. The summed E-state index contributed by atoms with van der Waals surface area (Å²) in [5.41, 5.74) is 11.3. The van der Waals surface area contributed by atoms with Gasteiger partial charge >= 0.3 is 0 Å². The van der Waals surface area contributed by atoms with Gasteiger partial charge in [0.1, 0.15) is 0 Å². The third-order valence-corrected chi connectivity index (χ3v) is 6.69. The Labute approximate surface area is 345 Å². The van der Waals surface area contributed by atoms with Gasteiger partial charge in [-0.2, -0.15) is 0 Å². The summed E-state index contributed by atoms with van der Waals surface area (Å²) in [5.74, 6) is 0. The highest BCUT2D eigenvalue weighted by Gasteiger charge is 2.23. The van der Waals surface area contributed by atoms with Crippen molar-refractivity contribution in [2.75, 3.05) is 0 Å². The molecular formula is C47H48N6O6. The van der Waals surface area contributed by atoms with Crippen LogP contribution in [-0.4, -0.2) is 36.5 Å². The first-order valence-electron chi connectivity index (χ1n) is 16.7. The lowest BCUT2D eigenvalue weighted by atomic mass is 9.77. The maximum absolute atomic E-state index is 8.35. The van der Waals surface area contributed by atoms with Crippen LogP contribution < -0.4 is 0 Å². The van der Waals surface area contributed by atoms with Gasteiger partial charge in [-0.3, -0.25) is 0 Å². The molecule has 12 nitrogen and oxygen atoms in total. The largest absolute Gasteiger partial charge is 0.231 e. The van der Waals surface area contributed by atoms with Crippen LogP contribution in [0.1, 0.15) is 29.7 Å². The molecule has 1 aliphatic rings. The Bertz CT molecular complexity index is 1910. The number of carbonyl (C=O) groups excluding carboxylic acids is 6. The summed E-state index contributed by atoms with van der Waals surface area (Å²) < 4.78 is 0. The van der Waals surface area contributed by atoms with Crippen LogP contribution in [-0.2, 0) is 41.6 Å². The van der Waals surface area contributed by atoms with Gasteiger partial charge in [0.05, 0.1) is 0 Å². The van der Waals surface area contributed by atoms with E-state index in [-0.39, 0.29) is 7.43 Å². The van der Waals surface area contributed by atoms with Crippen molar-refractivity contribution < 1.29 is 28.8 Å². The molecule has 1 aliphatic carbocycles. The van der Waals surface area contributed by atoms with Crippen LogP contribution in [0.4, 0.5) is 0 Å². The Balaban J connectivity index is -0.000000311. The van der Waals surface area contributed by atoms with Crippen molar-refractivity contribution >= 4 is 36.5 Å². The summed E-state index contributed by atoms with van der Waals surface area (Å²) >= 11 is 0. The molecule has 0 aliphatic heterocycles. The number of nitrogens with one attached hydrogen (secondary N) is 6. The molecule has 6 aromatic carbocycles. The van der Waals surface area contributed by atoms with Gasteiger partial charge in [0, 0.05) is 0 Å². The van der Waals surface area contributed by atoms with Crippen LogP contribution >= 0.6 is 0 Å². The lowest BCUT2D eigenvalue weighted by Gasteiger charge is -2.26. The second-order valence-electron chi connectivity index (χ2n) is 10.4. The average molecular weight is 793 g/mol. The molecule has 0 bridgehead atoms. The highest BCUT2D eigenvalue weighted by Crippen LogP contribution is 2.48. The van der Waals surface area contributed by atoms with Crippen molar-refractivity contribution in [2.45, 2.75) is 34.1 Å². The maximum Gasteiger partial charge on any atom is 0.231 e. The molecule has 0 unspecified atom stereocenters. The molecule has 0 saturated heterocycles. The quantitative estimate of drug-likeness (QED) is 0.0749. The fraction of sp³-hybridized carbons (Fsp3) is 0.106. The first kappa shape index (κ1) is 57.3. The molecule has 6 aromatic rings. The maximum atomic E-state index is 8.35. The zero-order valence-corrected chi connectivity index (χ0v) is 32.0. The second kappa shape index (κ2) is 44.0. The zero-order chi connectivity index (χ0) is 44.1. The van der Waals surface area contributed by atoms with Crippen LogP contribution in [0.2, 0.25) is 0 Å². The predicted molar refractivity (Wildman–Crippen MR) is 231 cm³/mol. The van der Waals surface area contributed by atoms with E-state index >= 15 is 0 Å². The van der Waals surface area contributed by atoms with Crippen molar-refractivity contribution in [3.05, 3.63) is 192 Å². The Morgan fingerprint density at radius 1 is 0.356 bits per heavy atom. The van der Waals surface area contributed by atoms with Gasteiger partial charge in [-0.15, -0.1) is 0 Å². The van der Waals surface area contributed by atoms with Gasteiger partial charge in [-0.1, -0.05) is 183 Å². The molecule has 0 atom stereocenters. The molecule has 0 aromatic heterocycles. The van der Waals surface area contributed by atoms with Gasteiger partial charge in [0.2, 0.25) is 36.5 Å². The molecule has 12 heteroatoms. The van der Waals surface area contributed by atoms with E-state index in [1.54, 1.807) is 0 Å². The van der Waals surface area contributed by atoms with Gasteiger partial charge in [0.25, 0.3) is 0 Å². The van der Waals surface area contributed by atoms with E-state index in [9.17, 15) is 0 Å². The van der Waals surface area contributed by atoms with E-state index in [4.69, 9.17) is 61.2 Å². The van der Waals surface area contributed by atoms with E-state index in [1.807, 2.05) is 72.8 Å². The Hall–Kier alpha value is -8.40. The fourth-order valence-corrected chi connectivity index (χ4v) is 4.76. The molecule has 0 spiro atoms. The number of isocyanates is 6. The van der Waals surface area contributed by atoms with Crippen LogP contribution in [0.3, 0.4) is 0 Å². The average Bonchev–Trinajstić information content (AvgIpc) is 3.24. The van der Waals surface area contributed by atoms with E-state index in [1.165, 1.54) is 44.5 Å². The van der Waals surface area contributed by atoms with E-state index in [0.29, 0.717) is 0 Å². The van der Waals surface area contributed by atoms with Gasteiger partial charge in [-0.05, 0) is 65.6 Å². The summed E-state index contributed by atoms with van der Waals surface area (Å²) in [6.07, 6.45) is 6.76. The Morgan fingerprint density at radius 2 is 0.593 bits per heavy atom. The van der Waals surface area contributed by atoms with Crippen LogP contribution in [0, 0.1) is 46.3 Å². The minimum absolute atomic E-state index is 0. The molecule has 0 heterocycles. The number of hydrogen-bond donors (Lipinski definition) is 6.